The van der Waals surface area contributed by atoms with Gasteiger partial charge in [-0.05, 0) is 178 Å². The lowest BCUT2D eigenvalue weighted by molar-refractivity contribution is 0.220. The zero-order chi connectivity index (χ0) is 34.9. The maximum absolute atomic E-state index is 9.39. The summed E-state index contributed by atoms with van der Waals surface area (Å²) in [4.78, 5) is 9.53. The second-order valence-electron chi connectivity index (χ2n) is 15.1. The first-order valence-electron chi connectivity index (χ1n) is 19.1. The van der Waals surface area contributed by atoms with Gasteiger partial charge in [0.15, 0.2) is 0 Å². The van der Waals surface area contributed by atoms with Crippen molar-refractivity contribution >= 4 is 11.6 Å². The van der Waals surface area contributed by atoms with E-state index in [0.29, 0.717) is 5.56 Å². The van der Waals surface area contributed by atoms with Crippen molar-refractivity contribution in [2.75, 3.05) is 32.7 Å². The highest BCUT2D eigenvalue weighted by molar-refractivity contribution is 6.31. The summed E-state index contributed by atoms with van der Waals surface area (Å²) in [5.74, 6) is 0.862. The van der Waals surface area contributed by atoms with Crippen molar-refractivity contribution in [3.63, 3.8) is 0 Å². The Kier molecular flexibility index (Phi) is 12.8. The summed E-state index contributed by atoms with van der Waals surface area (Å²) in [5.41, 5.74) is 14.0. The van der Waals surface area contributed by atoms with Crippen molar-refractivity contribution in [2.24, 2.45) is 5.92 Å². The van der Waals surface area contributed by atoms with E-state index in [1.807, 2.05) is 12.3 Å². The Bertz CT molecular complexity index is 1780. The Balaban J connectivity index is 1.16. The molecule has 0 amide bonds. The van der Waals surface area contributed by atoms with Crippen molar-refractivity contribution in [2.45, 2.75) is 97.9 Å². The second-order valence-corrected chi connectivity index (χ2v) is 15.5. The molecular formula is C45H55ClN4. The lowest BCUT2D eigenvalue weighted by Crippen LogP contribution is -2.29. The van der Waals surface area contributed by atoms with Crippen LogP contribution in [0.5, 0.6) is 0 Å². The average Bonchev–Trinajstić information content (AvgIpc) is 3.55. The molecule has 1 aromatic heterocycles. The van der Waals surface area contributed by atoms with Gasteiger partial charge in [-0.25, -0.2) is 0 Å². The van der Waals surface area contributed by atoms with Gasteiger partial charge >= 0.3 is 0 Å². The van der Waals surface area contributed by atoms with Crippen molar-refractivity contribution in [1.82, 2.24) is 14.8 Å². The molecule has 5 heteroatoms. The van der Waals surface area contributed by atoms with E-state index < -0.39 is 0 Å². The fourth-order valence-corrected chi connectivity index (χ4v) is 8.53. The number of rotatable bonds is 14. The molecule has 2 aliphatic heterocycles. The van der Waals surface area contributed by atoms with Gasteiger partial charge in [-0.15, -0.1) is 0 Å². The number of likely N-dealkylation sites (tertiary alicyclic amines) is 2. The Hall–Kier alpha value is -3.49. The number of nitrogens with zero attached hydrogens (tertiary/aromatic N) is 4. The molecular weight excluding hydrogens is 632 g/mol. The van der Waals surface area contributed by atoms with E-state index in [9.17, 15) is 5.26 Å². The summed E-state index contributed by atoms with van der Waals surface area (Å²) in [6.07, 6.45) is 16.1. The molecule has 4 nitrogen and oxygen atoms in total. The van der Waals surface area contributed by atoms with Crippen LogP contribution in [0, 0.1) is 31.1 Å². The smallest absolute Gasteiger partial charge is 0.101 e. The third kappa shape index (κ3) is 9.43. The summed E-state index contributed by atoms with van der Waals surface area (Å²) in [6.45, 7) is 14.0. The van der Waals surface area contributed by atoms with Gasteiger partial charge in [-0.3, -0.25) is 9.88 Å². The largest absolute Gasteiger partial charge is 0.303 e. The van der Waals surface area contributed by atoms with E-state index in [0.717, 1.165) is 68.2 Å². The number of piperidine rings is 1. The van der Waals surface area contributed by atoms with E-state index in [2.05, 4.69) is 90.2 Å². The highest BCUT2D eigenvalue weighted by atomic mass is 35.5. The van der Waals surface area contributed by atoms with Crippen molar-refractivity contribution in [1.29, 1.82) is 5.26 Å². The lowest BCUT2D eigenvalue weighted by atomic mass is 9.88. The van der Waals surface area contributed by atoms with E-state index in [4.69, 9.17) is 11.6 Å². The molecule has 0 radical (unpaired) electrons. The monoisotopic (exact) mass is 686 g/mol. The fraction of sp³-hybridized carbons (Fsp3) is 0.467. The third-order valence-electron chi connectivity index (χ3n) is 11.3. The molecule has 6 rings (SSSR count). The Morgan fingerprint density at radius 1 is 0.740 bits per heavy atom. The SMILES string of the molecule is Cc1c(CCCCN2CCC(C)C2)cccc1-c1cccc(CCc2cc(CCc3cncc(C#N)c3)c(CN3CCCCC3)cc2Cl)c1C. The van der Waals surface area contributed by atoms with E-state index in [-0.39, 0.29) is 0 Å². The number of aromatic nitrogens is 1. The summed E-state index contributed by atoms with van der Waals surface area (Å²) in [7, 11) is 0. The molecule has 0 aliphatic carbocycles. The molecule has 0 saturated carbocycles. The first kappa shape index (κ1) is 36.3. The normalized spacial score (nSPS) is 16.9. The van der Waals surface area contributed by atoms with E-state index in [1.54, 1.807) is 6.20 Å². The first-order chi connectivity index (χ1) is 24.4. The van der Waals surface area contributed by atoms with Crippen LogP contribution in [0.15, 0.2) is 67.0 Å². The molecule has 262 valence electrons. The molecule has 1 unspecified atom stereocenters. The van der Waals surface area contributed by atoms with Gasteiger partial charge in [-0.1, -0.05) is 67.4 Å². The minimum absolute atomic E-state index is 0.620. The van der Waals surface area contributed by atoms with Gasteiger partial charge < -0.3 is 4.90 Å². The molecule has 1 atom stereocenters. The van der Waals surface area contributed by atoms with Crippen molar-refractivity contribution in [3.8, 4) is 17.2 Å². The molecule has 4 aromatic rings. The first-order valence-corrected chi connectivity index (χ1v) is 19.5. The van der Waals surface area contributed by atoms with Gasteiger partial charge in [0.2, 0.25) is 0 Å². The molecule has 2 aliphatic rings. The highest BCUT2D eigenvalue weighted by Crippen LogP contribution is 2.32. The predicted molar refractivity (Wildman–Crippen MR) is 209 cm³/mol. The number of benzene rings is 3. The van der Waals surface area contributed by atoms with Crippen LogP contribution < -0.4 is 0 Å². The van der Waals surface area contributed by atoms with Crippen molar-refractivity contribution < 1.29 is 0 Å². The zero-order valence-electron chi connectivity index (χ0n) is 30.6. The number of hydrogen-bond acceptors (Lipinski definition) is 4. The number of aryl methyl sites for hydroxylation is 5. The molecule has 0 N–H and O–H groups in total. The fourth-order valence-electron chi connectivity index (χ4n) is 8.25. The number of halogens is 1. The lowest BCUT2D eigenvalue weighted by Gasteiger charge is -2.28. The maximum Gasteiger partial charge on any atom is 0.101 e. The van der Waals surface area contributed by atoms with Gasteiger partial charge in [0.05, 0.1) is 5.56 Å². The Morgan fingerprint density at radius 2 is 1.44 bits per heavy atom. The molecule has 50 heavy (non-hydrogen) atoms. The van der Waals surface area contributed by atoms with Crippen LogP contribution in [0.1, 0.15) is 95.5 Å². The number of nitriles is 1. The predicted octanol–water partition coefficient (Wildman–Crippen LogP) is 10.1. The summed E-state index contributed by atoms with van der Waals surface area (Å²) in [6, 6.07) is 22.6. The number of pyridine rings is 1. The minimum Gasteiger partial charge on any atom is -0.303 e. The molecule has 2 fully saturated rings. The third-order valence-corrected chi connectivity index (χ3v) is 11.7. The second kappa shape index (κ2) is 17.6. The van der Waals surface area contributed by atoms with Gasteiger partial charge in [0.25, 0.3) is 0 Å². The Labute approximate surface area is 306 Å². The number of unbranched alkanes of at least 4 members (excludes halogenated alkanes) is 1. The van der Waals surface area contributed by atoms with Crippen LogP contribution in [0.3, 0.4) is 0 Å². The van der Waals surface area contributed by atoms with Crippen LogP contribution in [-0.4, -0.2) is 47.5 Å². The minimum atomic E-state index is 0.620. The molecule has 0 bridgehead atoms. The quantitative estimate of drug-likeness (QED) is 0.124. The van der Waals surface area contributed by atoms with Crippen LogP contribution >= 0.6 is 11.6 Å². The van der Waals surface area contributed by atoms with E-state index in [1.165, 1.54) is 108 Å². The van der Waals surface area contributed by atoms with Crippen LogP contribution in [0.25, 0.3) is 11.1 Å². The maximum atomic E-state index is 9.39. The molecule has 3 aromatic carbocycles. The van der Waals surface area contributed by atoms with Gasteiger partial charge in [-0.2, -0.15) is 5.26 Å². The van der Waals surface area contributed by atoms with Gasteiger partial charge in [0, 0.05) is 30.5 Å². The van der Waals surface area contributed by atoms with Crippen LogP contribution in [0.2, 0.25) is 5.02 Å². The molecule has 3 heterocycles. The van der Waals surface area contributed by atoms with Gasteiger partial charge in [0.1, 0.15) is 6.07 Å². The topological polar surface area (TPSA) is 43.2 Å². The average molecular weight is 687 g/mol. The van der Waals surface area contributed by atoms with Crippen LogP contribution in [0.4, 0.5) is 0 Å². The van der Waals surface area contributed by atoms with Crippen molar-refractivity contribution in [3.05, 3.63) is 122 Å². The van der Waals surface area contributed by atoms with Crippen LogP contribution in [-0.2, 0) is 38.6 Å². The molecule has 0 spiro atoms. The summed E-state index contributed by atoms with van der Waals surface area (Å²) < 4.78 is 0. The van der Waals surface area contributed by atoms with E-state index >= 15 is 0 Å². The molecule has 2 saturated heterocycles. The summed E-state index contributed by atoms with van der Waals surface area (Å²) in [5, 5.41) is 10.3. The summed E-state index contributed by atoms with van der Waals surface area (Å²) >= 11 is 7.08. The zero-order valence-corrected chi connectivity index (χ0v) is 31.4. The Morgan fingerprint density at radius 3 is 2.14 bits per heavy atom. The number of hydrogen-bond donors (Lipinski definition) is 0. The highest BCUT2D eigenvalue weighted by Gasteiger charge is 2.19. The standard InChI is InChI=1S/C45H55ClN4/c1-33-20-24-50(31-33)23-8-5-11-38-12-9-14-43(34(38)2)44-15-10-13-39(35(44)3)18-19-41-26-40(17-16-36-25-37(28-47)30-48-29-36)42(27-45(41)46)32-49-21-6-4-7-22-49/h9-10,12-15,25-27,29-30,33H,4-8,11,16-24,31-32H2,1-3H3.